The third kappa shape index (κ3) is 1.73. The van der Waals surface area contributed by atoms with E-state index in [0.29, 0.717) is 6.04 Å². The Kier molecular flexibility index (Phi) is 2.89. The molecule has 3 unspecified atom stereocenters. The van der Waals surface area contributed by atoms with Gasteiger partial charge in [-0.05, 0) is 56.2 Å². The second-order valence-corrected chi connectivity index (χ2v) is 6.99. The maximum atomic E-state index is 11.5. The second kappa shape index (κ2) is 4.56. The standard InChI is InChI=1S/C18H22N2O/c19-13-17(8-7-14-4-1-2-6-16(14)17)18(21)9-11-20-10-3-5-15(20)12-18/h1-2,4,6,15,21H,3,5,7-12H2. The number of hydrogen-bond acceptors (Lipinski definition) is 3. The van der Waals surface area contributed by atoms with Crippen molar-refractivity contribution in [1.82, 2.24) is 4.90 Å². The molecule has 1 aromatic rings. The first-order chi connectivity index (χ1) is 10.2. The number of nitrogens with zero attached hydrogens (tertiary/aromatic N) is 2. The summed E-state index contributed by atoms with van der Waals surface area (Å²) < 4.78 is 0. The van der Waals surface area contributed by atoms with Gasteiger partial charge in [0.15, 0.2) is 0 Å². The van der Waals surface area contributed by atoms with E-state index in [1.807, 2.05) is 12.1 Å². The Bertz CT molecular complexity index is 607. The molecule has 0 amide bonds. The number of aliphatic hydroxyl groups is 1. The molecular formula is C18H22N2O. The lowest BCUT2D eigenvalue weighted by atomic mass is 9.63. The third-order valence-corrected chi connectivity index (χ3v) is 6.12. The fourth-order valence-electron chi connectivity index (χ4n) is 4.94. The second-order valence-electron chi connectivity index (χ2n) is 6.99. The van der Waals surface area contributed by atoms with Crippen LogP contribution in [0.25, 0.3) is 0 Å². The largest absolute Gasteiger partial charge is 0.388 e. The lowest BCUT2D eigenvalue weighted by Gasteiger charge is -2.48. The van der Waals surface area contributed by atoms with Crippen molar-refractivity contribution in [2.24, 2.45) is 0 Å². The first-order valence-electron chi connectivity index (χ1n) is 8.15. The topological polar surface area (TPSA) is 47.3 Å². The van der Waals surface area contributed by atoms with Gasteiger partial charge in [-0.3, -0.25) is 0 Å². The first kappa shape index (κ1) is 13.3. The zero-order chi connectivity index (χ0) is 14.5. The Morgan fingerprint density at radius 1 is 1.24 bits per heavy atom. The summed E-state index contributed by atoms with van der Waals surface area (Å²) in [5.74, 6) is 0. The number of aryl methyl sites for hydroxylation is 1. The molecule has 0 saturated carbocycles. The molecule has 1 aliphatic carbocycles. The van der Waals surface area contributed by atoms with E-state index < -0.39 is 11.0 Å². The van der Waals surface area contributed by atoms with Crippen LogP contribution in [0.2, 0.25) is 0 Å². The molecule has 1 N–H and O–H groups in total. The van der Waals surface area contributed by atoms with Crippen LogP contribution in [0.4, 0.5) is 0 Å². The zero-order valence-electron chi connectivity index (χ0n) is 12.4. The van der Waals surface area contributed by atoms with Crippen molar-refractivity contribution in [3.8, 4) is 6.07 Å². The number of fused-ring (bicyclic) bond motifs is 2. The maximum Gasteiger partial charge on any atom is 0.111 e. The lowest BCUT2D eigenvalue weighted by molar-refractivity contribution is -0.0779. The fraction of sp³-hybridized carbons (Fsp3) is 0.611. The Balaban J connectivity index is 1.75. The molecule has 3 heteroatoms. The molecule has 0 spiro atoms. The molecule has 3 atom stereocenters. The summed E-state index contributed by atoms with van der Waals surface area (Å²) in [7, 11) is 0. The molecule has 2 fully saturated rings. The molecule has 0 radical (unpaired) electrons. The predicted molar refractivity (Wildman–Crippen MR) is 80.8 cm³/mol. The highest BCUT2D eigenvalue weighted by Gasteiger charge is 2.57. The van der Waals surface area contributed by atoms with Crippen molar-refractivity contribution < 1.29 is 5.11 Å². The van der Waals surface area contributed by atoms with E-state index >= 15 is 0 Å². The smallest absolute Gasteiger partial charge is 0.111 e. The summed E-state index contributed by atoms with van der Waals surface area (Å²) in [5.41, 5.74) is 0.778. The van der Waals surface area contributed by atoms with Crippen molar-refractivity contribution in [1.29, 1.82) is 5.26 Å². The molecule has 21 heavy (non-hydrogen) atoms. The monoisotopic (exact) mass is 282 g/mol. The van der Waals surface area contributed by atoms with Gasteiger partial charge in [0.1, 0.15) is 5.41 Å². The summed E-state index contributed by atoms with van der Waals surface area (Å²) in [4.78, 5) is 2.50. The van der Waals surface area contributed by atoms with Crippen LogP contribution in [0.3, 0.4) is 0 Å². The van der Waals surface area contributed by atoms with E-state index in [4.69, 9.17) is 0 Å². The highest BCUT2D eigenvalue weighted by atomic mass is 16.3. The molecule has 2 heterocycles. The van der Waals surface area contributed by atoms with Crippen LogP contribution in [0.5, 0.6) is 0 Å². The van der Waals surface area contributed by atoms with Gasteiger partial charge in [-0.25, -0.2) is 0 Å². The van der Waals surface area contributed by atoms with E-state index in [1.54, 1.807) is 0 Å². The fourth-order valence-corrected chi connectivity index (χ4v) is 4.94. The number of hydrogen-bond donors (Lipinski definition) is 1. The predicted octanol–water partition coefficient (Wildman–Crippen LogP) is 2.38. The van der Waals surface area contributed by atoms with Gasteiger partial charge < -0.3 is 10.0 Å². The maximum absolute atomic E-state index is 11.5. The summed E-state index contributed by atoms with van der Waals surface area (Å²) in [6.45, 7) is 2.10. The van der Waals surface area contributed by atoms with E-state index in [2.05, 4.69) is 23.1 Å². The number of benzene rings is 1. The Morgan fingerprint density at radius 3 is 2.95 bits per heavy atom. The average molecular weight is 282 g/mol. The van der Waals surface area contributed by atoms with Crippen LogP contribution in [0, 0.1) is 11.3 Å². The molecule has 110 valence electrons. The summed E-state index contributed by atoms with van der Waals surface area (Å²) in [6, 6.07) is 11.2. The van der Waals surface area contributed by atoms with E-state index in [0.717, 1.165) is 44.3 Å². The summed E-state index contributed by atoms with van der Waals surface area (Å²) in [6.07, 6.45) is 5.58. The average Bonchev–Trinajstić information content (AvgIpc) is 3.11. The van der Waals surface area contributed by atoms with Crippen LogP contribution in [0.1, 0.15) is 43.2 Å². The van der Waals surface area contributed by atoms with Gasteiger partial charge in [0.2, 0.25) is 0 Å². The van der Waals surface area contributed by atoms with Crippen molar-refractivity contribution in [2.45, 2.75) is 55.6 Å². The van der Waals surface area contributed by atoms with Gasteiger partial charge in [-0.15, -0.1) is 0 Å². The summed E-state index contributed by atoms with van der Waals surface area (Å²) in [5, 5.41) is 21.5. The quantitative estimate of drug-likeness (QED) is 0.860. The highest BCUT2D eigenvalue weighted by molar-refractivity contribution is 5.47. The molecule has 0 bridgehead atoms. The van der Waals surface area contributed by atoms with Crippen LogP contribution in [0.15, 0.2) is 24.3 Å². The molecule has 3 aliphatic rings. The van der Waals surface area contributed by atoms with Crippen LogP contribution in [-0.4, -0.2) is 34.7 Å². The third-order valence-electron chi connectivity index (χ3n) is 6.12. The number of nitriles is 1. The van der Waals surface area contributed by atoms with Gasteiger partial charge in [-0.2, -0.15) is 5.26 Å². The number of rotatable bonds is 1. The molecule has 3 nitrogen and oxygen atoms in total. The van der Waals surface area contributed by atoms with Crippen molar-refractivity contribution in [3.05, 3.63) is 35.4 Å². The van der Waals surface area contributed by atoms with E-state index in [1.165, 1.54) is 18.4 Å². The molecule has 4 rings (SSSR count). The van der Waals surface area contributed by atoms with Crippen LogP contribution < -0.4 is 0 Å². The molecule has 2 saturated heterocycles. The van der Waals surface area contributed by atoms with Crippen molar-refractivity contribution in [2.75, 3.05) is 13.1 Å². The Morgan fingerprint density at radius 2 is 2.10 bits per heavy atom. The van der Waals surface area contributed by atoms with Gasteiger partial charge in [0.05, 0.1) is 11.7 Å². The Hall–Kier alpha value is -1.37. The molecule has 1 aromatic carbocycles. The minimum Gasteiger partial charge on any atom is -0.388 e. The van der Waals surface area contributed by atoms with Crippen molar-refractivity contribution in [3.63, 3.8) is 0 Å². The van der Waals surface area contributed by atoms with Gasteiger partial charge in [0, 0.05) is 12.6 Å². The molecule has 2 aliphatic heterocycles. The van der Waals surface area contributed by atoms with Gasteiger partial charge in [-0.1, -0.05) is 24.3 Å². The summed E-state index contributed by atoms with van der Waals surface area (Å²) >= 11 is 0. The highest BCUT2D eigenvalue weighted by Crippen LogP contribution is 2.51. The molecular weight excluding hydrogens is 260 g/mol. The SMILES string of the molecule is N#CC1(C2(O)CCN3CCCC3C2)CCc2ccccc21. The molecule has 0 aromatic heterocycles. The normalized spacial score (nSPS) is 38.8. The first-order valence-corrected chi connectivity index (χ1v) is 8.15. The minimum atomic E-state index is -0.861. The zero-order valence-corrected chi connectivity index (χ0v) is 12.4. The van der Waals surface area contributed by atoms with Crippen molar-refractivity contribution >= 4 is 0 Å². The van der Waals surface area contributed by atoms with Gasteiger partial charge in [0.25, 0.3) is 0 Å². The minimum absolute atomic E-state index is 0.474. The van der Waals surface area contributed by atoms with E-state index in [9.17, 15) is 10.4 Å². The van der Waals surface area contributed by atoms with Crippen LogP contribution >= 0.6 is 0 Å². The van der Waals surface area contributed by atoms with Crippen LogP contribution in [-0.2, 0) is 11.8 Å². The lowest BCUT2D eigenvalue weighted by Crippen LogP contribution is -2.58. The Labute approximate surface area is 126 Å². The number of piperidine rings is 1. The van der Waals surface area contributed by atoms with E-state index in [-0.39, 0.29) is 0 Å². The van der Waals surface area contributed by atoms with Gasteiger partial charge >= 0.3 is 0 Å².